The van der Waals surface area contributed by atoms with Crippen molar-refractivity contribution in [2.75, 3.05) is 0 Å². The number of Topliss-reactive ketones (excluding diaryl/α,β-unsaturated/α-hetero) is 1. The average molecular weight is 333 g/mol. The fourth-order valence-electron chi connectivity index (χ4n) is 4.03. The highest BCUT2D eigenvalue weighted by atomic mass is 16.1. The molecule has 0 bridgehead atoms. The molecule has 0 atom stereocenters. The number of hydrogen-bond acceptors (Lipinski definition) is 1. The van der Waals surface area contributed by atoms with E-state index in [1.807, 2.05) is 6.07 Å². The Morgan fingerprint density at radius 2 is 1.44 bits per heavy atom. The van der Waals surface area contributed by atoms with E-state index in [2.05, 4.69) is 70.2 Å². The van der Waals surface area contributed by atoms with E-state index in [1.54, 1.807) is 0 Å². The van der Waals surface area contributed by atoms with Gasteiger partial charge in [-0.3, -0.25) is 4.79 Å². The van der Waals surface area contributed by atoms with Gasteiger partial charge in [0.25, 0.3) is 0 Å². The normalized spacial score (nSPS) is 16.6. The first-order chi connectivity index (χ1) is 11.9. The molecule has 0 unspecified atom stereocenters. The highest BCUT2D eigenvalue weighted by Gasteiger charge is 2.42. The van der Waals surface area contributed by atoms with Crippen LogP contribution in [0.4, 0.5) is 0 Å². The second-order valence-corrected chi connectivity index (χ2v) is 8.07. The summed E-state index contributed by atoms with van der Waals surface area (Å²) in [6.45, 7) is 8.69. The van der Waals surface area contributed by atoms with Gasteiger partial charge in [-0.25, -0.2) is 0 Å². The second-order valence-electron chi connectivity index (χ2n) is 8.07. The number of hydrogen-bond donors (Lipinski definition) is 0. The van der Waals surface area contributed by atoms with Crippen molar-refractivity contribution in [2.45, 2.75) is 70.6 Å². The van der Waals surface area contributed by atoms with Crippen molar-refractivity contribution in [1.82, 2.24) is 0 Å². The van der Waals surface area contributed by atoms with Crippen LogP contribution in [0.2, 0.25) is 0 Å². The van der Waals surface area contributed by atoms with Gasteiger partial charge in [-0.1, -0.05) is 70.9 Å². The Kier molecular flexibility index (Phi) is 5.13. The lowest BCUT2D eigenvalue weighted by Gasteiger charge is -2.29. The van der Waals surface area contributed by atoms with Crippen molar-refractivity contribution < 1.29 is 4.79 Å². The van der Waals surface area contributed by atoms with E-state index in [-0.39, 0.29) is 5.41 Å². The molecule has 0 saturated heterocycles. The topological polar surface area (TPSA) is 17.1 Å². The molecule has 1 radical (unpaired) electrons. The Balaban J connectivity index is 2.09. The highest BCUT2D eigenvalue weighted by molar-refractivity contribution is 6.04. The zero-order valence-electron chi connectivity index (χ0n) is 15.9. The van der Waals surface area contributed by atoms with Crippen LogP contribution in [-0.4, -0.2) is 5.78 Å². The van der Waals surface area contributed by atoms with Crippen LogP contribution in [0, 0.1) is 6.07 Å². The molecular formula is C24H29O. The van der Waals surface area contributed by atoms with Gasteiger partial charge >= 0.3 is 0 Å². The lowest BCUT2D eigenvalue weighted by Crippen LogP contribution is -2.33. The Labute approximate surface area is 152 Å². The summed E-state index contributed by atoms with van der Waals surface area (Å²) < 4.78 is 0. The molecule has 25 heavy (non-hydrogen) atoms. The first-order valence-corrected chi connectivity index (χ1v) is 9.61. The molecule has 1 saturated carbocycles. The Morgan fingerprint density at radius 1 is 0.920 bits per heavy atom. The highest BCUT2D eigenvalue weighted by Crippen LogP contribution is 2.44. The quantitative estimate of drug-likeness (QED) is 0.576. The molecule has 3 rings (SSSR count). The van der Waals surface area contributed by atoms with Gasteiger partial charge in [-0.15, -0.1) is 0 Å². The molecule has 0 N–H and O–H groups in total. The molecule has 0 aliphatic heterocycles. The van der Waals surface area contributed by atoms with Crippen LogP contribution in [0.3, 0.4) is 0 Å². The number of benzene rings is 2. The number of rotatable bonds is 5. The number of carbonyl (C=O) groups excluding carboxylic acids is 1. The summed E-state index contributed by atoms with van der Waals surface area (Å²) in [7, 11) is 0. The summed E-state index contributed by atoms with van der Waals surface area (Å²) in [6, 6.07) is 18.1. The summed E-state index contributed by atoms with van der Waals surface area (Å²) in [5.41, 5.74) is 4.01. The number of ketones is 1. The van der Waals surface area contributed by atoms with E-state index in [9.17, 15) is 4.79 Å². The van der Waals surface area contributed by atoms with Crippen LogP contribution in [0.25, 0.3) is 0 Å². The maximum atomic E-state index is 13.7. The summed E-state index contributed by atoms with van der Waals surface area (Å²) in [4.78, 5) is 13.7. The summed E-state index contributed by atoms with van der Waals surface area (Å²) in [5, 5.41) is 0. The van der Waals surface area contributed by atoms with Crippen LogP contribution in [0.1, 0.15) is 92.3 Å². The van der Waals surface area contributed by atoms with Gasteiger partial charge in [0, 0.05) is 5.56 Å². The monoisotopic (exact) mass is 333 g/mol. The SMILES string of the molecule is CC(C)c1[c]c(C(C)C)cc(C(=O)C2(c3ccccc3)CCCC2)c1. The molecule has 0 amide bonds. The van der Waals surface area contributed by atoms with E-state index in [0.717, 1.165) is 42.4 Å². The van der Waals surface area contributed by atoms with Crippen LogP contribution in [-0.2, 0) is 5.41 Å². The standard InChI is InChI=1S/C24H29O/c1-17(2)19-14-20(18(3)4)16-21(15-19)23(25)24(12-8-9-13-24)22-10-6-5-7-11-22/h5-7,10-11,15-18H,8-9,12-13H2,1-4H3. The van der Waals surface area contributed by atoms with Gasteiger partial charge in [-0.05, 0) is 59.6 Å². The van der Waals surface area contributed by atoms with Crippen LogP contribution in [0.5, 0.6) is 0 Å². The predicted octanol–water partition coefficient (Wildman–Crippen LogP) is 6.43. The van der Waals surface area contributed by atoms with Crippen molar-refractivity contribution in [3.8, 4) is 0 Å². The third-order valence-corrected chi connectivity index (χ3v) is 5.64. The summed E-state index contributed by atoms with van der Waals surface area (Å²) in [5.74, 6) is 1.05. The van der Waals surface area contributed by atoms with Gasteiger partial charge < -0.3 is 0 Å². The van der Waals surface area contributed by atoms with Gasteiger partial charge in [0.05, 0.1) is 5.41 Å². The van der Waals surface area contributed by atoms with Crippen LogP contribution < -0.4 is 0 Å². The third-order valence-electron chi connectivity index (χ3n) is 5.64. The maximum absolute atomic E-state index is 13.7. The van der Waals surface area contributed by atoms with Crippen molar-refractivity contribution in [3.05, 3.63) is 70.8 Å². The molecule has 1 heteroatoms. The van der Waals surface area contributed by atoms with Crippen molar-refractivity contribution in [1.29, 1.82) is 0 Å². The Morgan fingerprint density at radius 3 is 1.92 bits per heavy atom. The van der Waals surface area contributed by atoms with E-state index in [0.29, 0.717) is 17.6 Å². The molecule has 0 heterocycles. The molecule has 1 aliphatic rings. The van der Waals surface area contributed by atoms with Crippen molar-refractivity contribution in [3.63, 3.8) is 0 Å². The molecule has 1 nitrogen and oxygen atoms in total. The fourth-order valence-corrected chi connectivity index (χ4v) is 4.03. The summed E-state index contributed by atoms with van der Waals surface area (Å²) >= 11 is 0. The van der Waals surface area contributed by atoms with Crippen LogP contribution >= 0.6 is 0 Å². The van der Waals surface area contributed by atoms with E-state index < -0.39 is 0 Å². The zero-order valence-corrected chi connectivity index (χ0v) is 15.9. The Bertz CT molecular complexity index is 708. The van der Waals surface area contributed by atoms with Gasteiger partial charge in [0.15, 0.2) is 5.78 Å². The molecule has 1 fully saturated rings. The first kappa shape index (κ1) is 17.9. The lowest BCUT2D eigenvalue weighted by atomic mass is 9.72. The number of carbonyl (C=O) groups is 1. The molecule has 1 aliphatic carbocycles. The maximum Gasteiger partial charge on any atom is 0.173 e. The third kappa shape index (κ3) is 3.42. The average Bonchev–Trinajstić information content (AvgIpc) is 3.12. The fraction of sp³-hybridized carbons (Fsp3) is 0.458. The second kappa shape index (κ2) is 7.15. The minimum Gasteiger partial charge on any atom is -0.293 e. The smallest absolute Gasteiger partial charge is 0.173 e. The molecule has 131 valence electrons. The predicted molar refractivity (Wildman–Crippen MR) is 104 cm³/mol. The van der Waals surface area contributed by atoms with Crippen molar-refractivity contribution >= 4 is 5.78 Å². The van der Waals surface area contributed by atoms with Gasteiger partial charge in [-0.2, -0.15) is 0 Å². The minimum absolute atomic E-state index is 0.300. The van der Waals surface area contributed by atoms with E-state index in [4.69, 9.17) is 0 Å². The zero-order chi connectivity index (χ0) is 18.0. The molecule has 0 aromatic heterocycles. The molecule has 0 spiro atoms. The van der Waals surface area contributed by atoms with Crippen LogP contribution in [0.15, 0.2) is 42.5 Å². The van der Waals surface area contributed by atoms with Gasteiger partial charge in [0.2, 0.25) is 0 Å². The molecule has 2 aromatic carbocycles. The largest absolute Gasteiger partial charge is 0.293 e. The summed E-state index contributed by atoms with van der Waals surface area (Å²) in [6.07, 6.45) is 4.19. The van der Waals surface area contributed by atoms with E-state index in [1.165, 1.54) is 5.56 Å². The lowest BCUT2D eigenvalue weighted by molar-refractivity contribution is 0.0886. The van der Waals surface area contributed by atoms with Gasteiger partial charge in [0.1, 0.15) is 0 Å². The Hall–Kier alpha value is -1.89. The van der Waals surface area contributed by atoms with E-state index >= 15 is 0 Å². The van der Waals surface area contributed by atoms with Crippen molar-refractivity contribution in [2.24, 2.45) is 0 Å². The first-order valence-electron chi connectivity index (χ1n) is 9.61. The molecular weight excluding hydrogens is 304 g/mol. The molecule has 2 aromatic rings. The minimum atomic E-state index is -0.342.